The third kappa shape index (κ3) is 1.09. The van der Waals surface area contributed by atoms with Crippen LogP contribution in [0.2, 0.25) is 0 Å². The molecule has 3 nitrogen and oxygen atoms in total. The van der Waals surface area contributed by atoms with Gasteiger partial charge < -0.3 is 9.72 Å². The lowest BCUT2D eigenvalue weighted by atomic mass is 10.0. The lowest BCUT2D eigenvalue weighted by Gasteiger charge is -2.13. The second-order valence-electron chi connectivity index (χ2n) is 3.48. The fraction of sp³-hybridized carbons (Fsp3) is 0.0833. The summed E-state index contributed by atoms with van der Waals surface area (Å²) in [7, 11) is 0. The average molecular weight is 199 g/mol. The zero-order valence-electron chi connectivity index (χ0n) is 7.99. The molecule has 1 aliphatic rings. The summed E-state index contributed by atoms with van der Waals surface area (Å²) in [5.41, 5.74) is 2.63. The Labute approximate surface area is 86.4 Å². The van der Waals surface area contributed by atoms with Crippen LogP contribution in [0.3, 0.4) is 0 Å². The molecule has 0 atom stereocenters. The standard InChI is InChI=1S/C12H9NO2/c14-7-8-6-13-10-3-4-11-9(12(8)10)2-1-5-15-11/h1-4,6-7,13H,5H2. The van der Waals surface area contributed by atoms with Crippen molar-refractivity contribution in [1.82, 2.24) is 4.98 Å². The number of H-pyrrole nitrogens is 1. The Balaban J connectivity index is 2.44. The first kappa shape index (κ1) is 8.29. The number of fused-ring (bicyclic) bond motifs is 3. The van der Waals surface area contributed by atoms with Gasteiger partial charge in [0, 0.05) is 28.2 Å². The van der Waals surface area contributed by atoms with Crippen LogP contribution in [0.5, 0.6) is 5.75 Å². The number of hydrogen-bond acceptors (Lipinski definition) is 2. The maximum absolute atomic E-state index is 10.9. The van der Waals surface area contributed by atoms with Gasteiger partial charge in [-0.3, -0.25) is 4.79 Å². The molecule has 1 N–H and O–H groups in total. The van der Waals surface area contributed by atoms with Gasteiger partial charge in [-0.05, 0) is 18.2 Å². The molecule has 3 heteroatoms. The maximum Gasteiger partial charge on any atom is 0.152 e. The van der Waals surface area contributed by atoms with Crippen LogP contribution >= 0.6 is 0 Å². The highest BCUT2D eigenvalue weighted by Gasteiger charge is 2.13. The van der Waals surface area contributed by atoms with Gasteiger partial charge in [-0.1, -0.05) is 6.08 Å². The quantitative estimate of drug-likeness (QED) is 0.716. The van der Waals surface area contributed by atoms with Crippen molar-refractivity contribution in [2.45, 2.75) is 0 Å². The maximum atomic E-state index is 10.9. The van der Waals surface area contributed by atoms with Crippen LogP contribution in [0.15, 0.2) is 24.4 Å². The summed E-state index contributed by atoms with van der Waals surface area (Å²) in [6.07, 6.45) is 6.54. The minimum Gasteiger partial charge on any atom is -0.489 e. The number of rotatable bonds is 1. The number of carbonyl (C=O) groups is 1. The van der Waals surface area contributed by atoms with Crippen LogP contribution in [-0.2, 0) is 0 Å². The number of nitrogens with one attached hydrogen (secondary N) is 1. The molecule has 74 valence electrons. The molecule has 0 bridgehead atoms. The molecule has 0 saturated carbocycles. The van der Waals surface area contributed by atoms with E-state index in [2.05, 4.69) is 4.98 Å². The fourth-order valence-electron chi connectivity index (χ4n) is 1.95. The number of hydrogen-bond donors (Lipinski definition) is 1. The van der Waals surface area contributed by atoms with Crippen LogP contribution in [0, 0.1) is 0 Å². The van der Waals surface area contributed by atoms with Gasteiger partial charge in [0.05, 0.1) is 0 Å². The summed E-state index contributed by atoms with van der Waals surface area (Å²) in [5, 5.41) is 0.943. The number of carbonyl (C=O) groups excluding carboxylic acids is 1. The molecule has 0 amide bonds. The van der Waals surface area contributed by atoms with Gasteiger partial charge in [0.15, 0.2) is 6.29 Å². The number of benzene rings is 1. The molecule has 0 spiro atoms. The summed E-state index contributed by atoms with van der Waals surface area (Å²) >= 11 is 0. The first-order chi connectivity index (χ1) is 7.40. The Morgan fingerprint density at radius 2 is 2.33 bits per heavy atom. The highest BCUT2D eigenvalue weighted by molar-refractivity contribution is 6.03. The summed E-state index contributed by atoms with van der Waals surface area (Å²) in [5.74, 6) is 0.840. The van der Waals surface area contributed by atoms with Gasteiger partial charge in [0.1, 0.15) is 12.4 Å². The second kappa shape index (κ2) is 2.98. The molecule has 0 saturated heterocycles. The van der Waals surface area contributed by atoms with Crippen molar-refractivity contribution in [3.8, 4) is 5.75 Å². The van der Waals surface area contributed by atoms with E-state index in [9.17, 15) is 4.79 Å². The summed E-state index contributed by atoms with van der Waals surface area (Å²) in [6.45, 7) is 0.597. The van der Waals surface area contributed by atoms with Crippen LogP contribution in [0.1, 0.15) is 15.9 Å². The Morgan fingerprint density at radius 1 is 1.40 bits per heavy atom. The van der Waals surface area contributed by atoms with E-state index in [0.29, 0.717) is 12.2 Å². The number of aldehydes is 1. The van der Waals surface area contributed by atoms with Crippen molar-refractivity contribution >= 4 is 23.3 Å². The van der Waals surface area contributed by atoms with E-state index in [1.807, 2.05) is 24.3 Å². The van der Waals surface area contributed by atoms with Crippen molar-refractivity contribution in [1.29, 1.82) is 0 Å². The minimum atomic E-state index is 0.597. The molecule has 0 aliphatic carbocycles. The Kier molecular flexibility index (Phi) is 1.65. The highest BCUT2D eigenvalue weighted by atomic mass is 16.5. The summed E-state index contributed by atoms with van der Waals surface area (Å²) in [4.78, 5) is 14.0. The first-order valence-electron chi connectivity index (χ1n) is 4.79. The minimum absolute atomic E-state index is 0.597. The number of aromatic amines is 1. The molecule has 3 rings (SSSR count). The van der Waals surface area contributed by atoms with Crippen molar-refractivity contribution in [2.24, 2.45) is 0 Å². The zero-order valence-corrected chi connectivity index (χ0v) is 7.99. The SMILES string of the molecule is O=Cc1c[nH]c2ccc3c(c12)C=CCO3. The second-order valence-corrected chi connectivity index (χ2v) is 3.48. The topological polar surface area (TPSA) is 42.1 Å². The smallest absolute Gasteiger partial charge is 0.152 e. The van der Waals surface area contributed by atoms with E-state index in [4.69, 9.17) is 4.74 Å². The zero-order chi connectivity index (χ0) is 10.3. The van der Waals surface area contributed by atoms with E-state index < -0.39 is 0 Å². The van der Waals surface area contributed by atoms with E-state index in [0.717, 1.165) is 28.5 Å². The van der Waals surface area contributed by atoms with E-state index >= 15 is 0 Å². The molecule has 15 heavy (non-hydrogen) atoms. The van der Waals surface area contributed by atoms with Gasteiger partial charge in [0.25, 0.3) is 0 Å². The van der Waals surface area contributed by atoms with Gasteiger partial charge in [-0.25, -0.2) is 0 Å². The van der Waals surface area contributed by atoms with Gasteiger partial charge in [-0.15, -0.1) is 0 Å². The highest BCUT2D eigenvalue weighted by Crippen LogP contribution is 2.32. The molecule has 2 heterocycles. The lowest BCUT2D eigenvalue weighted by molar-refractivity contribution is 0.112. The lowest BCUT2D eigenvalue weighted by Crippen LogP contribution is -2.00. The largest absolute Gasteiger partial charge is 0.489 e. The van der Waals surface area contributed by atoms with Gasteiger partial charge in [-0.2, -0.15) is 0 Å². The third-order valence-corrected chi connectivity index (χ3v) is 2.62. The molecule has 1 aliphatic heterocycles. The van der Waals surface area contributed by atoms with E-state index in [1.54, 1.807) is 6.20 Å². The Hall–Kier alpha value is -2.03. The van der Waals surface area contributed by atoms with Crippen LogP contribution in [-0.4, -0.2) is 17.9 Å². The van der Waals surface area contributed by atoms with Crippen LogP contribution in [0.25, 0.3) is 17.0 Å². The fourth-order valence-corrected chi connectivity index (χ4v) is 1.95. The molecular formula is C12H9NO2. The molecule has 0 unspecified atom stereocenters. The molecule has 0 fully saturated rings. The number of aromatic nitrogens is 1. The Morgan fingerprint density at radius 3 is 3.20 bits per heavy atom. The molecule has 0 radical (unpaired) electrons. The molecule has 1 aromatic carbocycles. The predicted octanol–water partition coefficient (Wildman–Crippen LogP) is 2.39. The van der Waals surface area contributed by atoms with Crippen molar-refractivity contribution in [3.05, 3.63) is 35.5 Å². The van der Waals surface area contributed by atoms with Gasteiger partial charge in [0.2, 0.25) is 0 Å². The normalized spacial score (nSPS) is 13.6. The first-order valence-corrected chi connectivity index (χ1v) is 4.79. The van der Waals surface area contributed by atoms with Crippen molar-refractivity contribution in [2.75, 3.05) is 6.61 Å². The van der Waals surface area contributed by atoms with Crippen LogP contribution < -0.4 is 4.74 Å². The number of ether oxygens (including phenoxy) is 1. The predicted molar refractivity (Wildman–Crippen MR) is 58.2 cm³/mol. The monoisotopic (exact) mass is 199 g/mol. The summed E-state index contributed by atoms with van der Waals surface area (Å²) in [6, 6.07) is 3.85. The third-order valence-electron chi connectivity index (χ3n) is 2.62. The van der Waals surface area contributed by atoms with E-state index in [-0.39, 0.29) is 0 Å². The Bertz CT molecular complexity index is 566. The van der Waals surface area contributed by atoms with Crippen molar-refractivity contribution < 1.29 is 9.53 Å². The molecule has 1 aromatic heterocycles. The van der Waals surface area contributed by atoms with Crippen molar-refractivity contribution in [3.63, 3.8) is 0 Å². The van der Waals surface area contributed by atoms with Crippen LogP contribution in [0.4, 0.5) is 0 Å². The molecule has 2 aromatic rings. The van der Waals surface area contributed by atoms with E-state index in [1.165, 1.54) is 0 Å². The average Bonchev–Trinajstić information content (AvgIpc) is 2.72. The molecular weight excluding hydrogens is 190 g/mol. The summed E-state index contributed by atoms with van der Waals surface area (Å²) < 4.78 is 5.48. The van der Waals surface area contributed by atoms with Gasteiger partial charge >= 0.3 is 0 Å².